The van der Waals surface area contributed by atoms with Crippen LogP contribution in [0.4, 0.5) is 15.3 Å². The number of hydrogen-bond acceptors (Lipinski definition) is 10. The Morgan fingerprint density at radius 2 is 1.83 bits per heavy atom. The van der Waals surface area contributed by atoms with Crippen molar-refractivity contribution in [3.8, 4) is 0 Å². The highest BCUT2D eigenvalue weighted by Crippen LogP contribution is 2.72. The number of rotatable bonds is 13. The highest BCUT2D eigenvalue weighted by atomic mass is 127. The summed E-state index contributed by atoms with van der Waals surface area (Å²) < 4.78 is 17.3. The fourth-order valence-corrected chi connectivity index (χ4v) is 10.6. The van der Waals surface area contributed by atoms with Crippen LogP contribution in [0.1, 0.15) is 78.7 Å². The molecule has 0 bridgehead atoms. The molecule has 4 aliphatic rings. The van der Waals surface area contributed by atoms with Gasteiger partial charge in [0.25, 0.3) is 0 Å². The molecule has 0 heterocycles. The van der Waals surface area contributed by atoms with E-state index in [4.69, 9.17) is 25.8 Å². The Hall–Kier alpha value is -3.17. The maximum absolute atomic E-state index is 14.4. The summed E-state index contributed by atoms with van der Waals surface area (Å²) in [4.78, 5) is 65.3. The van der Waals surface area contributed by atoms with Crippen LogP contribution >= 0.6 is 34.2 Å². The molecular weight excluding hydrogens is 829 g/mol. The summed E-state index contributed by atoms with van der Waals surface area (Å²) in [6.07, 6.45) is 4.74. The summed E-state index contributed by atoms with van der Waals surface area (Å²) in [5.41, 5.74) is -0.762. The number of alkyl carbamates (subject to hydrolysis) is 1. The van der Waals surface area contributed by atoms with E-state index in [1.54, 1.807) is 13.0 Å². The number of ketones is 2. The maximum Gasteiger partial charge on any atom is 0.409 e. The maximum atomic E-state index is 14.4. The SMILES string of the molecule is CCC(=O)O[C@]1(C(=O)COC(=O)N(C)CCCNC(=O)OCc2ccc(NC(C)I)cc2)[C@@H](C)CC2[C@@H]3CCC4=CC(=O)C=C[C@]4(C)[C@@]3(Cl)[C@@H](O)C[C@@]21C. The number of Topliss-reactive ketones (excluding diaryl/α,β-unsaturated/α-hetero) is 1. The number of esters is 1. The van der Waals surface area contributed by atoms with E-state index in [1.165, 1.54) is 18.0 Å². The topological polar surface area (TPSA) is 161 Å². The summed E-state index contributed by atoms with van der Waals surface area (Å²) in [7, 11) is 1.53. The number of carbonyl (C=O) groups is 5. The molecule has 14 heteroatoms. The van der Waals surface area contributed by atoms with E-state index in [9.17, 15) is 29.1 Å². The van der Waals surface area contributed by atoms with Gasteiger partial charge < -0.3 is 34.9 Å². The molecule has 0 spiro atoms. The van der Waals surface area contributed by atoms with Crippen molar-refractivity contribution in [2.75, 3.05) is 32.1 Å². The summed E-state index contributed by atoms with van der Waals surface area (Å²) in [6, 6.07) is 7.61. The number of aliphatic hydroxyl groups is 1. The van der Waals surface area contributed by atoms with Crippen molar-refractivity contribution in [2.45, 2.75) is 100 Å². The molecule has 1 aromatic rings. The van der Waals surface area contributed by atoms with Crippen molar-refractivity contribution < 1.29 is 43.3 Å². The molecule has 2 amide bonds. The Morgan fingerprint density at radius 3 is 2.50 bits per heavy atom. The summed E-state index contributed by atoms with van der Waals surface area (Å²) in [5.74, 6) is -2.14. The molecule has 54 heavy (non-hydrogen) atoms. The van der Waals surface area contributed by atoms with Gasteiger partial charge in [-0.05, 0) is 80.7 Å². The molecular formula is C40H53ClIN3O9. The Bertz CT molecular complexity index is 1690. The molecule has 2 unspecified atom stereocenters. The van der Waals surface area contributed by atoms with E-state index >= 15 is 0 Å². The van der Waals surface area contributed by atoms with Gasteiger partial charge in [-0.1, -0.05) is 74.1 Å². The minimum Gasteiger partial charge on any atom is -0.450 e. The van der Waals surface area contributed by atoms with Gasteiger partial charge in [-0.15, -0.1) is 11.6 Å². The van der Waals surface area contributed by atoms with Crippen molar-refractivity contribution >= 4 is 69.6 Å². The molecule has 1 aromatic carbocycles. The van der Waals surface area contributed by atoms with Crippen LogP contribution < -0.4 is 10.6 Å². The Labute approximate surface area is 336 Å². The van der Waals surface area contributed by atoms with Crippen LogP contribution in [0.15, 0.2) is 48.1 Å². The van der Waals surface area contributed by atoms with Crippen molar-refractivity contribution in [1.82, 2.24) is 10.2 Å². The van der Waals surface area contributed by atoms with Crippen molar-refractivity contribution in [2.24, 2.45) is 28.6 Å². The number of hydrogen-bond donors (Lipinski definition) is 3. The zero-order chi connectivity index (χ0) is 39.6. The number of nitrogens with zero attached hydrogens (tertiary/aromatic N) is 1. The third-order valence-corrected chi connectivity index (χ3v) is 13.7. The quantitative estimate of drug-likeness (QED) is 0.0486. The number of anilines is 1. The van der Waals surface area contributed by atoms with Crippen molar-refractivity contribution in [3.63, 3.8) is 0 Å². The first-order valence-electron chi connectivity index (χ1n) is 18.8. The molecule has 296 valence electrons. The molecule has 0 saturated heterocycles. The van der Waals surface area contributed by atoms with E-state index in [1.807, 2.05) is 58.0 Å². The third-order valence-electron chi connectivity index (χ3n) is 12.4. The van der Waals surface area contributed by atoms with Gasteiger partial charge in [-0.2, -0.15) is 0 Å². The first-order valence-corrected chi connectivity index (χ1v) is 20.4. The summed E-state index contributed by atoms with van der Waals surface area (Å²) in [6.45, 7) is 9.37. The predicted octanol–water partition coefficient (Wildman–Crippen LogP) is 6.71. The Kier molecular flexibility index (Phi) is 12.8. The van der Waals surface area contributed by atoms with Gasteiger partial charge in [0.2, 0.25) is 5.78 Å². The van der Waals surface area contributed by atoms with Gasteiger partial charge in [0, 0.05) is 49.0 Å². The third kappa shape index (κ3) is 7.65. The minimum absolute atomic E-state index is 0.0338. The van der Waals surface area contributed by atoms with Crippen LogP contribution in [-0.2, 0) is 35.2 Å². The number of allylic oxidation sites excluding steroid dienone is 4. The second-order valence-electron chi connectivity index (χ2n) is 15.7. The van der Waals surface area contributed by atoms with Gasteiger partial charge in [-0.25, -0.2) is 9.59 Å². The second-order valence-corrected chi connectivity index (χ2v) is 18.2. The molecule has 5 rings (SSSR count). The molecule has 3 fully saturated rings. The molecule has 9 atom stereocenters. The normalized spacial score (nSPS) is 32.9. The fourth-order valence-electron chi connectivity index (χ4n) is 9.72. The van der Waals surface area contributed by atoms with Crippen LogP contribution in [0.25, 0.3) is 0 Å². The number of fused-ring (bicyclic) bond motifs is 5. The number of nitrogens with one attached hydrogen (secondary N) is 2. The first kappa shape index (κ1) is 42.0. The van der Waals surface area contributed by atoms with E-state index in [2.05, 4.69) is 33.2 Å². The molecule has 3 saturated carbocycles. The largest absolute Gasteiger partial charge is 0.450 e. The first-order chi connectivity index (χ1) is 25.4. The average molecular weight is 882 g/mol. The predicted molar refractivity (Wildman–Crippen MR) is 212 cm³/mol. The lowest BCUT2D eigenvalue weighted by molar-refractivity contribution is -0.202. The number of carbonyl (C=O) groups excluding carboxylic acids is 5. The number of benzene rings is 1. The lowest BCUT2D eigenvalue weighted by Crippen LogP contribution is -2.69. The monoisotopic (exact) mass is 881 g/mol. The van der Waals surface area contributed by atoms with E-state index in [0.717, 1.165) is 16.8 Å². The molecule has 0 aromatic heterocycles. The number of ether oxygens (including phenoxy) is 3. The Morgan fingerprint density at radius 1 is 1.13 bits per heavy atom. The van der Waals surface area contributed by atoms with Gasteiger partial charge in [-0.3, -0.25) is 14.4 Å². The standard InChI is InChI=1S/C40H53ClIN3O9/c1-7-34(49)54-40(24(2)19-31-30-14-11-27-20-29(46)15-16-37(27,4)39(30,41)32(47)21-38(31,40)5)33(48)23-53-36(51)45(6)18-8-17-43-35(50)52-22-26-9-12-28(13-10-26)44-25(3)42/h9-10,12-13,15-16,20,24-25,30-32,44,47H,7-8,11,14,17-19,21-23H2,1-6H3,(H,43,50)/t24-,25?,30-,31?,32-,37-,38-,39-,40-/m0/s1. The average Bonchev–Trinajstić information content (AvgIpc) is 3.34. The molecule has 0 aliphatic heterocycles. The van der Waals surface area contributed by atoms with Gasteiger partial charge >= 0.3 is 18.2 Å². The smallest absolute Gasteiger partial charge is 0.409 e. The van der Waals surface area contributed by atoms with Crippen LogP contribution in [0, 0.1) is 28.6 Å². The molecule has 0 radical (unpaired) electrons. The minimum atomic E-state index is -1.67. The zero-order valence-corrected chi connectivity index (χ0v) is 34.8. The summed E-state index contributed by atoms with van der Waals surface area (Å²) in [5, 5.41) is 18.0. The molecule has 12 nitrogen and oxygen atoms in total. The van der Waals surface area contributed by atoms with E-state index in [-0.39, 0.29) is 54.2 Å². The van der Waals surface area contributed by atoms with Crippen LogP contribution in [0.5, 0.6) is 0 Å². The summed E-state index contributed by atoms with van der Waals surface area (Å²) >= 11 is 9.86. The molecule has 3 N–H and O–H groups in total. The Balaban J connectivity index is 1.19. The number of halogens is 2. The fraction of sp³-hybridized carbons (Fsp3) is 0.625. The number of aliphatic hydroxyl groups excluding tert-OH is 1. The highest BCUT2D eigenvalue weighted by molar-refractivity contribution is 14.1. The van der Waals surface area contributed by atoms with E-state index in [0.29, 0.717) is 25.7 Å². The van der Waals surface area contributed by atoms with E-state index < -0.39 is 63.9 Å². The van der Waals surface area contributed by atoms with Gasteiger partial charge in [0.15, 0.2) is 18.0 Å². The van der Waals surface area contributed by atoms with Gasteiger partial charge in [0.05, 0.1) is 15.0 Å². The highest BCUT2D eigenvalue weighted by Gasteiger charge is 2.76. The van der Waals surface area contributed by atoms with Crippen molar-refractivity contribution in [3.05, 3.63) is 53.6 Å². The number of amides is 2. The van der Waals surface area contributed by atoms with Crippen molar-refractivity contribution in [1.29, 1.82) is 0 Å². The lowest BCUT2D eigenvalue weighted by Gasteiger charge is -2.64. The number of alkyl halides is 2. The molecule has 4 aliphatic carbocycles. The lowest BCUT2D eigenvalue weighted by atomic mass is 9.45. The van der Waals surface area contributed by atoms with Gasteiger partial charge in [0.1, 0.15) is 6.61 Å². The second kappa shape index (κ2) is 16.5. The van der Waals surface area contributed by atoms with Crippen LogP contribution in [0.2, 0.25) is 0 Å². The zero-order valence-electron chi connectivity index (χ0n) is 31.9. The van der Waals surface area contributed by atoms with Crippen LogP contribution in [0.3, 0.4) is 0 Å². The van der Waals surface area contributed by atoms with Crippen LogP contribution in [-0.4, -0.2) is 87.1 Å².